The van der Waals surface area contributed by atoms with Gasteiger partial charge in [0.25, 0.3) is 0 Å². The minimum Gasteiger partial charge on any atom is -0.398 e. The molecule has 4 rings (SSSR count). The lowest BCUT2D eigenvalue weighted by atomic mass is 9.91. The molecule has 3 aromatic carbocycles. The van der Waals surface area contributed by atoms with Gasteiger partial charge in [-0.25, -0.2) is 0 Å². The monoisotopic (exact) mass is 426 g/mol. The normalized spacial score (nSPS) is 14.8. The predicted octanol–water partition coefficient (Wildman–Crippen LogP) is 7.49. The van der Waals surface area contributed by atoms with Crippen LogP contribution in [0.3, 0.4) is 0 Å². The fourth-order valence-electron chi connectivity index (χ4n) is 5.02. The van der Waals surface area contributed by atoms with E-state index in [9.17, 15) is 0 Å². The zero-order valence-corrected chi connectivity index (χ0v) is 20.0. The number of hydrogen-bond acceptors (Lipinski definition) is 2. The van der Waals surface area contributed by atoms with Crippen LogP contribution in [-0.2, 0) is 19.4 Å². The summed E-state index contributed by atoms with van der Waals surface area (Å²) in [7, 11) is 2.27. The number of benzene rings is 3. The third-order valence-electron chi connectivity index (χ3n) is 7.25. The maximum atomic E-state index is 6.83. The fraction of sp³-hybridized carbons (Fsp3) is 0.400. The molecule has 0 atom stereocenters. The molecule has 32 heavy (non-hydrogen) atoms. The highest BCUT2D eigenvalue weighted by molar-refractivity contribution is 5.84. The zero-order chi connectivity index (χ0) is 22.5. The van der Waals surface area contributed by atoms with Crippen molar-refractivity contribution in [1.29, 1.82) is 0 Å². The summed E-state index contributed by atoms with van der Waals surface area (Å²) >= 11 is 0. The molecule has 1 saturated carbocycles. The second-order valence-corrected chi connectivity index (χ2v) is 9.40. The Bertz CT molecular complexity index is 1010. The van der Waals surface area contributed by atoms with Crippen molar-refractivity contribution in [3.63, 3.8) is 0 Å². The molecular weight excluding hydrogens is 388 g/mol. The van der Waals surface area contributed by atoms with Crippen molar-refractivity contribution in [1.82, 2.24) is 4.90 Å². The molecule has 0 amide bonds. The SMILES string of the molecule is CCc1ccc(-c2cc(CN(C)C3CCCCC3)c(N)c(-c3ccc(CC)cc3)c2)cc1. The number of aryl methyl sites for hydroxylation is 2. The largest absolute Gasteiger partial charge is 0.398 e. The molecule has 0 saturated heterocycles. The van der Waals surface area contributed by atoms with Crippen molar-refractivity contribution in [2.75, 3.05) is 12.8 Å². The van der Waals surface area contributed by atoms with Gasteiger partial charge in [-0.3, -0.25) is 4.90 Å². The van der Waals surface area contributed by atoms with Crippen LogP contribution in [0, 0.1) is 0 Å². The lowest BCUT2D eigenvalue weighted by Gasteiger charge is -2.32. The Kier molecular flexibility index (Phi) is 7.32. The van der Waals surface area contributed by atoms with E-state index in [2.05, 4.69) is 86.5 Å². The minimum absolute atomic E-state index is 0.669. The second kappa shape index (κ2) is 10.4. The molecule has 2 heteroatoms. The molecule has 3 aromatic rings. The Labute approximate surface area is 194 Å². The molecule has 0 heterocycles. The average molecular weight is 427 g/mol. The highest BCUT2D eigenvalue weighted by Crippen LogP contribution is 2.36. The molecule has 2 N–H and O–H groups in total. The summed E-state index contributed by atoms with van der Waals surface area (Å²) in [6, 6.07) is 23.2. The van der Waals surface area contributed by atoms with Crippen LogP contribution in [-0.4, -0.2) is 18.0 Å². The zero-order valence-electron chi connectivity index (χ0n) is 20.0. The smallest absolute Gasteiger partial charge is 0.0439 e. The number of nitrogens with two attached hydrogens (primary N) is 1. The van der Waals surface area contributed by atoms with Crippen LogP contribution in [0.15, 0.2) is 60.7 Å². The summed E-state index contributed by atoms with van der Waals surface area (Å²) in [5.41, 5.74) is 16.6. The van der Waals surface area contributed by atoms with Crippen LogP contribution in [0.2, 0.25) is 0 Å². The van der Waals surface area contributed by atoms with Gasteiger partial charge in [0.15, 0.2) is 0 Å². The van der Waals surface area contributed by atoms with E-state index in [-0.39, 0.29) is 0 Å². The summed E-state index contributed by atoms with van der Waals surface area (Å²) in [6.45, 7) is 5.30. The van der Waals surface area contributed by atoms with Gasteiger partial charge in [-0.05, 0) is 78.2 Å². The predicted molar refractivity (Wildman–Crippen MR) is 139 cm³/mol. The van der Waals surface area contributed by atoms with Gasteiger partial charge in [-0.2, -0.15) is 0 Å². The van der Waals surface area contributed by atoms with Crippen LogP contribution in [0.1, 0.15) is 62.6 Å². The molecular formula is C30H38N2. The van der Waals surface area contributed by atoms with Gasteiger partial charge in [-0.15, -0.1) is 0 Å². The summed E-state index contributed by atoms with van der Waals surface area (Å²) in [5.74, 6) is 0. The molecule has 0 aliphatic heterocycles. The Hall–Kier alpha value is -2.58. The van der Waals surface area contributed by atoms with Gasteiger partial charge in [-0.1, -0.05) is 81.6 Å². The van der Waals surface area contributed by atoms with Crippen molar-refractivity contribution in [2.45, 2.75) is 71.4 Å². The van der Waals surface area contributed by atoms with Gasteiger partial charge >= 0.3 is 0 Å². The first-order chi connectivity index (χ1) is 15.6. The molecule has 0 bridgehead atoms. The number of nitrogen functional groups attached to an aromatic ring is 1. The summed E-state index contributed by atoms with van der Waals surface area (Å²) < 4.78 is 0. The van der Waals surface area contributed by atoms with E-state index in [0.717, 1.165) is 30.6 Å². The molecule has 1 aliphatic carbocycles. The Morgan fingerprint density at radius 2 is 1.31 bits per heavy atom. The van der Waals surface area contributed by atoms with Gasteiger partial charge in [0, 0.05) is 23.8 Å². The Balaban J connectivity index is 1.74. The number of hydrogen-bond donors (Lipinski definition) is 1. The summed E-state index contributed by atoms with van der Waals surface area (Å²) in [6.07, 6.45) is 8.81. The van der Waals surface area contributed by atoms with Crippen molar-refractivity contribution in [3.05, 3.63) is 77.4 Å². The van der Waals surface area contributed by atoms with Crippen LogP contribution >= 0.6 is 0 Å². The molecule has 1 fully saturated rings. The van der Waals surface area contributed by atoms with E-state index in [1.165, 1.54) is 65.5 Å². The first-order valence-electron chi connectivity index (χ1n) is 12.4. The maximum Gasteiger partial charge on any atom is 0.0439 e. The second-order valence-electron chi connectivity index (χ2n) is 9.40. The lowest BCUT2D eigenvalue weighted by Crippen LogP contribution is -2.33. The number of anilines is 1. The standard InChI is InChI=1S/C30H38N2/c1-4-22-11-15-24(16-12-22)26-19-27(21-32(3)28-9-7-6-8-10-28)30(31)29(20-26)25-17-13-23(5-2)14-18-25/h11-20,28H,4-10,21,31H2,1-3H3. The fourth-order valence-corrected chi connectivity index (χ4v) is 5.02. The van der Waals surface area contributed by atoms with Crippen molar-refractivity contribution >= 4 is 5.69 Å². The van der Waals surface area contributed by atoms with Gasteiger partial charge in [0.2, 0.25) is 0 Å². The highest BCUT2D eigenvalue weighted by Gasteiger charge is 2.20. The minimum atomic E-state index is 0.669. The van der Waals surface area contributed by atoms with Crippen LogP contribution in [0.5, 0.6) is 0 Å². The maximum absolute atomic E-state index is 6.83. The van der Waals surface area contributed by atoms with E-state index in [4.69, 9.17) is 5.73 Å². The molecule has 2 nitrogen and oxygen atoms in total. The van der Waals surface area contributed by atoms with Crippen molar-refractivity contribution in [3.8, 4) is 22.3 Å². The molecule has 0 unspecified atom stereocenters. The molecule has 0 spiro atoms. The van der Waals surface area contributed by atoms with E-state index < -0.39 is 0 Å². The topological polar surface area (TPSA) is 29.3 Å². The average Bonchev–Trinajstić information content (AvgIpc) is 2.86. The quantitative estimate of drug-likeness (QED) is 0.396. The third kappa shape index (κ3) is 5.07. The van der Waals surface area contributed by atoms with Gasteiger partial charge in [0.1, 0.15) is 0 Å². The summed E-state index contributed by atoms with van der Waals surface area (Å²) in [4.78, 5) is 2.53. The third-order valence-corrected chi connectivity index (χ3v) is 7.25. The van der Waals surface area contributed by atoms with Crippen LogP contribution < -0.4 is 5.73 Å². The number of nitrogens with zero attached hydrogens (tertiary/aromatic N) is 1. The van der Waals surface area contributed by atoms with Crippen molar-refractivity contribution < 1.29 is 0 Å². The highest BCUT2D eigenvalue weighted by atomic mass is 15.1. The number of rotatable bonds is 7. The molecule has 0 aromatic heterocycles. The van der Waals surface area contributed by atoms with E-state index in [1.807, 2.05) is 0 Å². The van der Waals surface area contributed by atoms with Gasteiger partial charge in [0.05, 0.1) is 0 Å². The first kappa shape index (κ1) is 22.6. The van der Waals surface area contributed by atoms with Crippen molar-refractivity contribution in [2.24, 2.45) is 0 Å². The molecule has 1 aliphatic rings. The van der Waals surface area contributed by atoms with E-state index >= 15 is 0 Å². The van der Waals surface area contributed by atoms with Crippen LogP contribution in [0.25, 0.3) is 22.3 Å². The van der Waals surface area contributed by atoms with Crippen LogP contribution in [0.4, 0.5) is 5.69 Å². The Morgan fingerprint density at radius 1 is 0.750 bits per heavy atom. The summed E-state index contributed by atoms with van der Waals surface area (Å²) in [5, 5.41) is 0. The first-order valence-corrected chi connectivity index (χ1v) is 12.4. The molecule has 0 radical (unpaired) electrons. The lowest BCUT2D eigenvalue weighted by molar-refractivity contribution is 0.185. The van der Waals surface area contributed by atoms with Gasteiger partial charge < -0.3 is 5.73 Å². The molecule has 168 valence electrons. The van der Waals surface area contributed by atoms with E-state index in [1.54, 1.807) is 0 Å². The van der Waals surface area contributed by atoms with E-state index in [0.29, 0.717) is 6.04 Å². The Morgan fingerprint density at radius 3 is 1.88 bits per heavy atom.